The van der Waals surface area contributed by atoms with Gasteiger partial charge in [0.2, 0.25) is 0 Å². The lowest BCUT2D eigenvalue weighted by Crippen LogP contribution is -1.99. The lowest BCUT2D eigenvalue weighted by molar-refractivity contribution is 0.284. The molecule has 0 amide bonds. The van der Waals surface area contributed by atoms with E-state index in [1.54, 1.807) is 19.4 Å². The van der Waals surface area contributed by atoms with Gasteiger partial charge < -0.3 is 15.2 Å². The quantitative estimate of drug-likeness (QED) is 0.875. The summed E-state index contributed by atoms with van der Waals surface area (Å²) < 4.78 is 10.9. The van der Waals surface area contributed by atoms with Crippen LogP contribution in [0, 0.1) is 0 Å². The van der Waals surface area contributed by atoms with Gasteiger partial charge >= 0.3 is 0 Å². The van der Waals surface area contributed by atoms with E-state index in [0.717, 1.165) is 11.3 Å². The molecule has 0 radical (unpaired) electrons. The summed E-state index contributed by atoms with van der Waals surface area (Å²) in [5.74, 6) is 1.92. The third-order valence-corrected chi connectivity index (χ3v) is 2.31. The highest BCUT2D eigenvalue weighted by Gasteiger charge is 2.03. The molecule has 0 unspecified atom stereocenters. The number of rotatable bonds is 4. The van der Waals surface area contributed by atoms with E-state index in [1.807, 2.05) is 30.3 Å². The predicted molar refractivity (Wildman–Crippen MR) is 66.0 cm³/mol. The van der Waals surface area contributed by atoms with Crippen LogP contribution in [0.2, 0.25) is 0 Å². The molecule has 4 heteroatoms. The number of ether oxygens (including phenoxy) is 2. The maximum atomic E-state index is 5.66. The third-order valence-electron chi connectivity index (χ3n) is 2.31. The monoisotopic (exact) mass is 230 g/mol. The largest absolute Gasteiger partial charge is 0.493 e. The molecule has 88 valence electrons. The van der Waals surface area contributed by atoms with Crippen LogP contribution in [0.1, 0.15) is 5.56 Å². The van der Waals surface area contributed by atoms with Crippen molar-refractivity contribution in [2.75, 3.05) is 12.8 Å². The van der Waals surface area contributed by atoms with Crippen LogP contribution in [0.25, 0.3) is 0 Å². The van der Waals surface area contributed by atoms with Gasteiger partial charge in [0.25, 0.3) is 0 Å². The van der Waals surface area contributed by atoms with Crippen molar-refractivity contribution < 1.29 is 9.47 Å². The first kappa shape index (κ1) is 11.3. The Morgan fingerprint density at radius 3 is 2.65 bits per heavy atom. The molecular formula is C13H14N2O2. The van der Waals surface area contributed by atoms with Crippen molar-refractivity contribution in [1.82, 2.24) is 4.98 Å². The molecule has 0 bridgehead atoms. The number of para-hydroxylation sites is 2. The lowest BCUT2D eigenvalue weighted by Gasteiger charge is -2.10. The SMILES string of the molecule is COc1ccccc1OCc1ccnc(N)c1. The Bertz CT molecular complexity index is 500. The molecular weight excluding hydrogens is 216 g/mol. The Labute approximate surface area is 100 Å². The van der Waals surface area contributed by atoms with Crippen molar-refractivity contribution in [2.45, 2.75) is 6.61 Å². The van der Waals surface area contributed by atoms with Crippen LogP contribution >= 0.6 is 0 Å². The third kappa shape index (κ3) is 2.87. The molecule has 0 aliphatic rings. The highest BCUT2D eigenvalue weighted by molar-refractivity contribution is 5.39. The van der Waals surface area contributed by atoms with Crippen molar-refractivity contribution in [3.05, 3.63) is 48.2 Å². The normalized spacial score (nSPS) is 9.94. The van der Waals surface area contributed by atoms with Gasteiger partial charge in [0.15, 0.2) is 11.5 Å². The highest BCUT2D eigenvalue weighted by Crippen LogP contribution is 2.26. The molecule has 0 fully saturated rings. The maximum absolute atomic E-state index is 5.66. The number of benzene rings is 1. The molecule has 0 saturated carbocycles. The molecule has 1 aromatic heterocycles. The smallest absolute Gasteiger partial charge is 0.161 e. The second-order valence-electron chi connectivity index (χ2n) is 3.53. The molecule has 0 spiro atoms. The Kier molecular flexibility index (Phi) is 3.45. The van der Waals surface area contributed by atoms with Gasteiger partial charge in [-0.2, -0.15) is 0 Å². The molecule has 2 rings (SSSR count). The van der Waals surface area contributed by atoms with E-state index in [4.69, 9.17) is 15.2 Å². The van der Waals surface area contributed by atoms with Gasteiger partial charge in [0, 0.05) is 6.20 Å². The minimum atomic E-state index is 0.438. The van der Waals surface area contributed by atoms with E-state index in [-0.39, 0.29) is 0 Å². The van der Waals surface area contributed by atoms with E-state index in [2.05, 4.69) is 4.98 Å². The first-order valence-corrected chi connectivity index (χ1v) is 5.26. The van der Waals surface area contributed by atoms with Crippen LogP contribution in [0.3, 0.4) is 0 Å². The van der Waals surface area contributed by atoms with Gasteiger partial charge in [0.05, 0.1) is 7.11 Å². The van der Waals surface area contributed by atoms with Gasteiger partial charge in [-0.15, -0.1) is 0 Å². The van der Waals surface area contributed by atoms with E-state index in [0.29, 0.717) is 18.2 Å². The minimum Gasteiger partial charge on any atom is -0.493 e. The van der Waals surface area contributed by atoms with Crippen LogP contribution in [-0.2, 0) is 6.61 Å². The number of pyridine rings is 1. The second kappa shape index (κ2) is 5.21. The number of nitrogens with zero attached hydrogens (tertiary/aromatic N) is 1. The van der Waals surface area contributed by atoms with Crippen molar-refractivity contribution in [1.29, 1.82) is 0 Å². The summed E-state index contributed by atoms with van der Waals surface area (Å²) in [6.07, 6.45) is 1.66. The topological polar surface area (TPSA) is 57.4 Å². The first-order valence-electron chi connectivity index (χ1n) is 5.26. The molecule has 4 nitrogen and oxygen atoms in total. The van der Waals surface area contributed by atoms with E-state index >= 15 is 0 Å². The minimum absolute atomic E-state index is 0.438. The molecule has 0 aliphatic heterocycles. The number of nitrogens with two attached hydrogens (primary N) is 1. The van der Waals surface area contributed by atoms with Crippen LogP contribution < -0.4 is 15.2 Å². The molecule has 0 atom stereocenters. The number of hydrogen-bond donors (Lipinski definition) is 1. The lowest BCUT2D eigenvalue weighted by atomic mass is 10.2. The van der Waals surface area contributed by atoms with Crippen LogP contribution in [0.5, 0.6) is 11.5 Å². The fraction of sp³-hybridized carbons (Fsp3) is 0.154. The Morgan fingerprint density at radius 1 is 1.18 bits per heavy atom. The Hall–Kier alpha value is -2.23. The van der Waals surface area contributed by atoms with Crippen molar-refractivity contribution in [3.63, 3.8) is 0 Å². The maximum Gasteiger partial charge on any atom is 0.161 e. The van der Waals surface area contributed by atoms with Crippen molar-refractivity contribution >= 4 is 5.82 Å². The first-order chi connectivity index (χ1) is 8.29. The molecule has 1 aromatic carbocycles. The van der Waals surface area contributed by atoms with Gasteiger partial charge in [-0.05, 0) is 29.8 Å². The number of methoxy groups -OCH3 is 1. The van der Waals surface area contributed by atoms with Gasteiger partial charge in [0.1, 0.15) is 12.4 Å². The van der Waals surface area contributed by atoms with Crippen LogP contribution in [0.15, 0.2) is 42.6 Å². The Morgan fingerprint density at radius 2 is 1.94 bits per heavy atom. The molecule has 1 heterocycles. The molecule has 17 heavy (non-hydrogen) atoms. The zero-order valence-electron chi connectivity index (χ0n) is 9.59. The van der Waals surface area contributed by atoms with Gasteiger partial charge in [-0.25, -0.2) is 4.98 Å². The molecule has 2 aromatic rings. The highest BCUT2D eigenvalue weighted by atomic mass is 16.5. The number of anilines is 1. The average molecular weight is 230 g/mol. The van der Waals surface area contributed by atoms with Crippen molar-refractivity contribution in [2.24, 2.45) is 0 Å². The van der Waals surface area contributed by atoms with Crippen molar-refractivity contribution in [3.8, 4) is 11.5 Å². The molecule has 0 aliphatic carbocycles. The fourth-order valence-electron chi connectivity index (χ4n) is 1.48. The zero-order valence-corrected chi connectivity index (χ0v) is 9.59. The summed E-state index contributed by atoms with van der Waals surface area (Å²) in [4.78, 5) is 3.93. The molecule has 0 saturated heterocycles. The number of hydrogen-bond acceptors (Lipinski definition) is 4. The van der Waals surface area contributed by atoms with Gasteiger partial charge in [-0.1, -0.05) is 12.1 Å². The summed E-state index contributed by atoms with van der Waals surface area (Å²) in [5.41, 5.74) is 6.57. The summed E-state index contributed by atoms with van der Waals surface area (Å²) in [5, 5.41) is 0. The van der Waals surface area contributed by atoms with E-state index in [9.17, 15) is 0 Å². The zero-order chi connectivity index (χ0) is 12.1. The summed E-state index contributed by atoms with van der Waals surface area (Å²) >= 11 is 0. The molecule has 2 N–H and O–H groups in total. The number of nitrogen functional groups attached to an aromatic ring is 1. The average Bonchev–Trinajstić information content (AvgIpc) is 2.37. The summed E-state index contributed by atoms with van der Waals surface area (Å²) in [7, 11) is 1.62. The van der Waals surface area contributed by atoms with E-state index < -0.39 is 0 Å². The summed E-state index contributed by atoms with van der Waals surface area (Å²) in [6, 6.07) is 11.2. The Balaban J connectivity index is 2.07. The van der Waals surface area contributed by atoms with E-state index in [1.165, 1.54) is 0 Å². The van der Waals surface area contributed by atoms with Crippen LogP contribution in [-0.4, -0.2) is 12.1 Å². The fourth-order valence-corrected chi connectivity index (χ4v) is 1.48. The van der Waals surface area contributed by atoms with Gasteiger partial charge in [-0.3, -0.25) is 0 Å². The van der Waals surface area contributed by atoms with Crippen LogP contribution in [0.4, 0.5) is 5.82 Å². The second-order valence-corrected chi connectivity index (χ2v) is 3.53. The summed E-state index contributed by atoms with van der Waals surface area (Å²) in [6.45, 7) is 0.438. The predicted octanol–water partition coefficient (Wildman–Crippen LogP) is 2.25. The standard InChI is InChI=1S/C13H14N2O2/c1-16-11-4-2-3-5-12(11)17-9-10-6-7-15-13(14)8-10/h2-8H,9H2,1H3,(H2,14,15). The number of aromatic nitrogens is 1.